The Balaban J connectivity index is 1.87. The summed E-state index contributed by atoms with van der Waals surface area (Å²) in [6.07, 6.45) is 3.27. The number of rotatable bonds is 7. The van der Waals surface area contributed by atoms with Crippen molar-refractivity contribution in [3.63, 3.8) is 0 Å². The zero-order chi connectivity index (χ0) is 23.1. The van der Waals surface area contributed by atoms with Gasteiger partial charge in [0, 0.05) is 17.8 Å². The Morgan fingerprint density at radius 3 is 2.72 bits per heavy atom. The lowest BCUT2D eigenvalue weighted by Crippen LogP contribution is -2.60. The molecule has 0 radical (unpaired) electrons. The van der Waals surface area contributed by atoms with Crippen molar-refractivity contribution in [3.05, 3.63) is 53.1 Å². The molecule has 172 valence electrons. The number of hydrogen-bond acceptors (Lipinski definition) is 5. The maximum atomic E-state index is 14.0. The Labute approximate surface area is 190 Å². The van der Waals surface area contributed by atoms with Crippen LogP contribution in [-0.4, -0.2) is 33.2 Å². The van der Waals surface area contributed by atoms with Crippen LogP contribution in [0.15, 0.2) is 41.3 Å². The minimum Gasteiger partial charge on any atom is -0.496 e. The van der Waals surface area contributed by atoms with Gasteiger partial charge in [-0.15, -0.1) is 0 Å². The number of benzene rings is 2. The largest absolute Gasteiger partial charge is 0.496 e. The fraction of sp³-hybridized carbons (Fsp3) is 0.480. The lowest BCUT2D eigenvalue weighted by atomic mass is 9.62. The van der Waals surface area contributed by atoms with E-state index in [0.717, 1.165) is 36.2 Å². The molecule has 3 unspecified atom stereocenters. The van der Waals surface area contributed by atoms with Crippen LogP contribution < -0.4 is 15.8 Å². The number of methoxy groups -OCH3 is 1. The topological polar surface area (TPSA) is 98.5 Å². The van der Waals surface area contributed by atoms with Crippen molar-refractivity contribution in [1.82, 2.24) is 0 Å². The summed E-state index contributed by atoms with van der Waals surface area (Å²) in [5, 5.41) is 2.38. The van der Waals surface area contributed by atoms with Crippen molar-refractivity contribution < 1.29 is 17.9 Å². The fourth-order valence-corrected chi connectivity index (χ4v) is 7.66. The average molecular weight is 457 g/mol. The molecule has 32 heavy (non-hydrogen) atoms. The van der Waals surface area contributed by atoms with E-state index in [0.29, 0.717) is 35.5 Å². The van der Waals surface area contributed by atoms with E-state index in [4.69, 9.17) is 10.5 Å². The molecule has 2 aromatic carbocycles. The summed E-state index contributed by atoms with van der Waals surface area (Å²) < 4.78 is 33.5. The van der Waals surface area contributed by atoms with Crippen molar-refractivity contribution in [3.8, 4) is 5.75 Å². The molecule has 2 aliphatic rings. The second-order valence-electron chi connectivity index (χ2n) is 8.99. The molecule has 4 rings (SSSR count). The molecule has 3 N–H and O–H groups in total. The number of ether oxygens (including phenoxy) is 1. The number of nitrogens with two attached hydrogens (primary N) is 1. The molecule has 1 saturated carbocycles. The van der Waals surface area contributed by atoms with Crippen LogP contribution in [-0.2, 0) is 26.5 Å². The highest BCUT2D eigenvalue weighted by Crippen LogP contribution is 2.53. The summed E-state index contributed by atoms with van der Waals surface area (Å²) in [6, 6.07) is 11.1. The van der Waals surface area contributed by atoms with Crippen molar-refractivity contribution >= 4 is 21.4 Å². The normalized spacial score (nSPS) is 23.4. The van der Waals surface area contributed by atoms with Gasteiger partial charge < -0.3 is 15.8 Å². The first kappa shape index (κ1) is 22.6. The van der Waals surface area contributed by atoms with E-state index >= 15 is 0 Å². The van der Waals surface area contributed by atoms with E-state index in [2.05, 4.69) is 19.2 Å². The number of anilines is 1. The van der Waals surface area contributed by atoms with Gasteiger partial charge in [-0.1, -0.05) is 32.0 Å². The monoisotopic (exact) mass is 456 g/mol. The summed E-state index contributed by atoms with van der Waals surface area (Å²) in [5.41, 5.74) is 7.98. The first-order valence-electron chi connectivity index (χ1n) is 11.3. The zero-order valence-electron chi connectivity index (χ0n) is 19.0. The maximum Gasteiger partial charge on any atom is 0.229 e. The second kappa shape index (κ2) is 8.43. The first-order valence-corrected chi connectivity index (χ1v) is 12.9. The van der Waals surface area contributed by atoms with Gasteiger partial charge in [-0.2, -0.15) is 0 Å². The lowest BCUT2D eigenvalue weighted by molar-refractivity contribution is -0.126. The van der Waals surface area contributed by atoms with E-state index in [1.54, 1.807) is 12.1 Å². The Bertz CT molecular complexity index is 1140. The van der Waals surface area contributed by atoms with Gasteiger partial charge in [-0.3, -0.25) is 4.79 Å². The molecule has 2 aromatic rings. The minimum atomic E-state index is -3.80. The number of fused-ring (bicyclic) bond motifs is 1. The molecule has 3 atom stereocenters. The highest BCUT2D eigenvalue weighted by molar-refractivity contribution is 7.92. The minimum absolute atomic E-state index is 0.270. The van der Waals surface area contributed by atoms with Gasteiger partial charge in [0.25, 0.3) is 0 Å². The van der Waals surface area contributed by atoms with Crippen LogP contribution in [0, 0.1) is 0 Å². The molecular weight excluding hydrogens is 424 g/mol. The van der Waals surface area contributed by atoms with Crippen LogP contribution in [0.2, 0.25) is 0 Å². The molecule has 0 spiro atoms. The van der Waals surface area contributed by atoms with Gasteiger partial charge in [-0.25, -0.2) is 8.42 Å². The lowest BCUT2D eigenvalue weighted by Gasteiger charge is -2.47. The van der Waals surface area contributed by atoms with Crippen LogP contribution in [0.3, 0.4) is 0 Å². The van der Waals surface area contributed by atoms with Crippen molar-refractivity contribution in [2.75, 3.05) is 19.0 Å². The molecule has 0 saturated heterocycles. The molecule has 0 aromatic heterocycles. The number of amides is 1. The standard InChI is InChI=1S/C25H32N2O4S/c1-4-16(2)17-10-11-21(31-3)19(15-17)25(24(26)28)13-12-23(25)32(29,30)22-9-5-8-20-18(22)7-6-14-27-20/h5,8-11,15-16,23,27H,4,6-7,12-14H2,1-3H3,(H2,26,28). The van der Waals surface area contributed by atoms with E-state index in [1.165, 1.54) is 7.11 Å². The third-order valence-corrected chi connectivity index (χ3v) is 9.79. The zero-order valence-corrected chi connectivity index (χ0v) is 19.8. The Kier molecular flexibility index (Phi) is 5.96. The number of sulfone groups is 1. The van der Waals surface area contributed by atoms with Crippen LogP contribution in [0.5, 0.6) is 5.75 Å². The number of primary amides is 1. The highest BCUT2D eigenvalue weighted by Gasteiger charge is 2.60. The Morgan fingerprint density at radius 1 is 1.31 bits per heavy atom. The predicted molar refractivity (Wildman–Crippen MR) is 126 cm³/mol. The average Bonchev–Trinajstić information content (AvgIpc) is 2.77. The fourth-order valence-electron chi connectivity index (χ4n) is 5.21. The molecule has 6 nitrogen and oxygen atoms in total. The maximum absolute atomic E-state index is 14.0. The smallest absolute Gasteiger partial charge is 0.229 e. The third-order valence-electron chi connectivity index (χ3n) is 7.41. The summed E-state index contributed by atoms with van der Waals surface area (Å²) in [6.45, 7) is 5.03. The van der Waals surface area contributed by atoms with Gasteiger partial charge in [0.05, 0.1) is 22.7 Å². The van der Waals surface area contributed by atoms with Crippen LogP contribution >= 0.6 is 0 Å². The SMILES string of the molecule is CCC(C)c1ccc(OC)c(C2(C(N)=O)CCC2S(=O)(=O)c2cccc3c2CCCN3)c1. The molecule has 1 aliphatic carbocycles. The molecule has 1 amide bonds. The predicted octanol–water partition coefficient (Wildman–Crippen LogP) is 3.93. The summed E-state index contributed by atoms with van der Waals surface area (Å²) >= 11 is 0. The summed E-state index contributed by atoms with van der Waals surface area (Å²) in [5.74, 6) is 0.166. The highest BCUT2D eigenvalue weighted by atomic mass is 32.2. The molecule has 1 heterocycles. The van der Waals surface area contributed by atoms with Crippen LogP contribution in [0.25, 0.3) is 0 Å². The summed E-state index contributed by atoms with van der Waals surface area (Å²) in [7, 11) is -2.26. The molecule has 1 aliphatic heterocycles. The van der Waals surface area contributed by atoms with Crippen LogP contribution in [0.1, 0.15) is 62.1 Å². The van der Waals surface area contributed by atoms with E-state index in [-0.39, 0.29) is 5.92 Å². The number of nitrogens with one attached hydrogen (secondary N) is 1. The summed E-state index contributed by atoms with van der Waals surface area (Å²) in [4.78, 5) is 13.3. The van der Waals surface area contributed by atoms with E-state index < -0.39 is 26.4 Å². The number of hydrogen-bond donors (Lipinski definition) is 2. The Hall–Kier alpha value is -2.54. The third kappa shape index (κ3) is 3.38. The van der Waals surface area contributed by atoms with Crippen molar-refractivity contribution in [2.45, 2.75) is 67.4 Å². The number of carbonyl (C=O) groups is 1. The van der Waals surface area contributed by atoms with Gasteiger partial charge in [0.2, 0.25) is 5.91 Å². The van der Waals surface area contributed by atoms with Gasteiger partial charge in [0.1, 0.15) is 5.75 Å². The van der Waals surface area contributed by atoms with Crippen molar-refractivity contribution in [2.24, 2.45) is 5.73 Å². The van der Waals surface area contributed by atoms with E-state index in [9.17, 15) is 13.2 Å². The second-order valence-corrected chi connectivity index (χ2v) is 11.1. The van der Waals surface area contributed by atoms with Gasteiger partial charge >= 0.3 is 0 Å². The number of carbonyl (C=O) groups excluding carboxylic acids is 1. The van der Waals surface area contributed by atoms with Gasteiger partial charge in [0.15, 0.2) is 9.84 Å². The quantitative estimate of drug-likeness (QED) is 0.658. The first-order chi connectivity index (χ1) is 15.3. The molecular formula is C25H32N2O4S. The van der Waals surface area contributed by atoms with Gasteiger partial charge in [-0.05, 0) is 67.3 Å². The molecule has 1 fully saturated rings. The molecule has 7 heteroatoms. The molecule has 0 bridgehead atoms. The van der Waals surface area contributed by atoms with Crippen LogP contribution in [0.4, 0.5) is 5.69 Å². The van der Waals surface area contributed by atoms with Crippen molar-refractivity contribution in [1.29, 1.82) is 0 Å². The Morgan fingerprint density at radius 2 is 2.09 bits per heavy atom. The van der Waals surface area contributed by atoms with E-state index in [1.807, 2.05) is 24.3 Å².